The average molecular weight is 643 g/mol. The summed E-state index contributed by atoms with van der Waals surface area (Å²) in [5.41, 5.74) is 1.18. The molecule has 2 heterocycles. The molecule has 3 N–H and O–H groups in total. The predicted molar refractivity (Wildman–Crippen MR) is 168 cm³/mol. The lowest BCUT2D eigenvalue weighted by Gasteiger charge is -2.49. The van der Waals surface area contributed by atoms with Crippen molar-refractivity contribution in [3.05, 3.63) is 94.3 Å². The van der Waals surface area contributed by atoms with Crippen LogP contribution in [0.2, 0.25) is 5.02 Å². The van der Waals surface area contributed by atoms with E-state index in [0.29, 0.717) is 11.1 Å². The van der Waals surface area contributed by atoms with E-state index in [9.17, 15) is 38.7 Å². The Balaban J connectivity index is 1.36. The lowest BCUT2D eigenvalue weighted by atomic mass is 9.51. The van der Waals surface area contributed by atoms with Gasteiger partial charge in [-0.15, -0.1) is 0 Å². The zero-order valence-corrected chi connectivity index (χ0v) is 25.6. The van der Waals surface area contributed by atoms with Crippen LogP contribution in [0.5, 0.6) is 5.75 Å². The number of hydrogen-bond donors (Lipinski definition) is 3. The van der Waals surface area contributed by atoms with Crippen LogP contribution in [-0.4, -0.2) is 45.9 Å². The number of benzene rings is 3. The van der Waals surface area contributed by atoms with Gasteiger partial charge in [-0.05, 0) is 85.6 Å². The highest BCUT2D eigenvalue weighted by molar-refractivity contribution is 6.58. The minimum Gasteiger partial charge on any atom is -0.508 e. The molecule has 46 heavy (non-hydrogen) atoms. The van der Waals surface area contributed by atoms with Crippen LogP contribution in [-0.2, 0) is 19.2 Å². The van der Waals surface area contributed by atoms with Crippen LogP contribution in [0.3, 0.4) is 0 Å². The van der Waals surface area contributed by atoms with Gasteiger partial charge in [0.05, 0.1) is 39.6 Å². The number of rotatable bonds is 4. The molecular formula is C34H29BClFN2O7. The number of imide groups is 2. The summed E-state index contributed by atoms with van der Waals surface area (Å²) >= 11 is 6.05. The molecule has 12 heteroatoms. The van der Waals surface area contributed by atoms with Gasteiger partial charge in [0, 0.05) is 5.92 Å². The summed E-state index contributed by atoms with van der Waals surface area (Å²) in [5.74, 6) is -6.19. The fourth-order valence-corrected chi connectivity index (χ4v) is 8.38. The molecule has 2 saturated heterocycles. The number of phenols is 1. The van der Waals surface area contributed by atoms with Gasteiger partial charge in [0.1, 0.15) is 11.6 Å². The lowest BCUT2D eigenvalue weighted by Crippen LogP contribution is -2.48. The summed E-state index contributed by atoms with van der Waals surface area (Å²) in [5, 5.41) is 29.5. The molecule has 0 aromatic heterocycles. The molecule has 3 aromatic carbocycles. The van der Waals surface area contributed by atoms with Gasteiger partial charge in [0.25, 0.3) is 0 Å². The van der Waals surface area contributed by atoms with Crippen molar-refractivity contribution >= 4 is 59.2 Å². The maximum Gasteiger partial charge on any atom is 0.488 e. The van der Waals surface area contributed by atoms with Gasteiger partial charge < -0.3 is 15.2 Å². The minimum atomic E-state index is -1.79. The van der Waals surface area contributed by atoms with Crippen molar-refractivity contribution in [3.8, 4) is 5.75 Å². The quantitative estimate of drug-likeness (QED) is 0.225. The van der Waals surface area contributed by atoms with Gasteiger partial charge in [-0.2, -0.15) is 0 Å². The monoisotopic (exact) mass is 642 g/mol. The third-order valence-electron chi connectivity index (χ3n) is 10.4. The fourth-order valence-electron chi connectivity index (χ4n) is 8.20. The van der Waals surface area contributed by atoms with Crippen molar-refractivity contribution in [2.75, 3.05) is 9.80 Å². The van der Waals surface area contributed by atoms with E-state index in [-0.39, 0.29) is 40.5 Å². The second-order valence-corrected chi connectivity index (χ2v) is 13.2. The zero-order chi connectivity index (χ0) is 32.8. The number of nitrogens with zero attached hydrogens (tertiary/aromatic N) is 2. The van der Waals surface area contributed by atoms with Crippen LogP contribution in [0, 0.1) is 41.8 Å². The summed E-state index contributed by atoms with van der Waals surface area (Å²) in [7, 11) is -1.79. The third-order valence-corrected chi connectivity index (χ3v) is 10.7. The first-order valence-corrected chi connectivity index (χ1v) is 15.4. The molecule has 1 saturated carbocycles. The number of aromatic hydroxyl groups is 1. The van der Waals surface area contributed by atoms with Gasteiger partial charge in [0.15, 0.2) is 0 Å². The molecule has 3 fully saturated rings. The highest BCUT2D eigenvalue weighted by Crippen LogP contribution is 2.63. The molecule has 2 aliphatic heterocycles. The summed E-state index contributed by atoms with van der Waals surface area (Å²) in [6, 6.07) is 14.6. The van der Waals surface area contributed by atoms with Gasteiger partial charge in [-0.3, -0.25) is 24.1 Å². The van der Waals surface area contributed by atoms with E-state index in [2.05, 4.69) is 0 Å². The summed E-state index contributed by atoms with van der Waals surface area (Å²) in [6.07, 6.45) is 2.26. The van der Waals surface area contributed by atoms with Crippen LogP contribution in [0.25, 0.3) is 0 Å². The van der Waals surface area contributed by atoms with E-state index in [4.69, 9.17) is 11.6 Å². The van der Waals surface area contributed by atoms with E-state index in [1.165, 1.54) is 36.4 Å². The Labute approximate surface area is 269 Å². The van der Waals surface area contributed by atoms with Crippen LogP contribution in [0.1, 0.15) is 36.8 Å². The first-order valence-electron chi connectivity index (χ1n) is 15.0. The molecule has 0 radical (unpaired) electrons. The number of hydrogen-bond acceptors (Lipinski definition) is 7. The Morgan fingerprint density at radius 3 is 2.35 bits per heavy atom. The standard InChI is InChI=1S/C34H29BClFN2O7/c1-16-12-17(6-11-27(16)40)29-21-8-9-22-28(32(43)38(30(22)41)19-5-3-4-18(13-19)35(45)46)23(21)15-24-31(42)39(33(44)34(24,29)2)20-7-10-26(37)25(36)14-20/h3-8,10-14,22-24,28-29,40,45-46H,9,15H2,1-2H3. The smallest absolute Gasteiger partial charge is 0.488 e. The Hall–Kier alpha value is -4.32. The fraction of sp³-hybridized carbons (Fsp3) is 0.294. The van der Waals surface area contributed by atoms with Gasteiger partial charge in [-0.1, -0.05) is 47.5 Å². The van der Waals surface area contributed by atoms with Crippen LogP contribution in [0.4, 0.5) is 15.8 Å². The number of amides is 4. The Kier molecular flexibility index (Phi) is 7.00. The number of allylic oxidation sites excluding steroid dienone is 2. The molecule has 4 aliphatic rings. The molecule has 2 aliphatic carbocycles. The van der Waals surface area contributed by atoms with Crippen molar-refractivity contribution in [1.82, 2.24) is 0 Å². The normalized spacial score (nSPS) is 28.7. The Morgan fingerprint density at radius 2 is 1.65 bits per heavy atom. The summed E-state index contributed by atoms with van der Waals surface area (Å²) < 4.78 is 14.1. The van der Waals surface area contributed by atoms with E-state index >= 15 is 0 Å². The molecule has 6 atom stereocenters. The molecule has 6 unspecified atom stereocenters. The van der Waals surface area contributed by atoms with Crippen molar-refractivity contribution < 1.29 is 38.7 Å². The highest BCUT2D eigenvalue weighted by Gasteiger charge is 2.67. The van der Waals surface area contributed by atoms with E-state index < -0.39 is 71.6 Å². The van der Waals surface area contributed by atoms with Crippen LogP contribution < -0.4 is 15.3 Å². The molecule has 234 valence electrons. The SMILES string of the molecule is Cc1cc(C2C3=CCC4C(=O)N(c5cccc(B(O)O)c5)C(=O)C4C3CC3C(=O)N(c4ccc(F)c(Cl)c4)C(=O)C32C)ccc1O. The van der Waals surface area contributed by atoms with Gasteiger partial charge in [0.2, 0.25) is 23.6 Å². The maximum atomic E-state index is 14.5. The topological polar surface area (TPSA) is 135 Å². The first kappa shape index (κ1) is 30.3. The number of carbonyl (C=O) groups is 4. The molecule has 9 nitrogen and oxygen atoms in total. The van der Waals surface area contributed by atoms with E-state index in [0.717, 1.165) is 21.4 Å². The molecule has 0 spiro atoms. The summed E-state index contributed by atoms with van der Waals surface area (Å²) in [6.45, 7) is 3.46. The maximum absolute atomic E-state index is 14.5. The van der Waals surface area contributed by atoms with Crippen LogP contribution in [0.15, 0.2) is 72.3 Å². The molecule has 7 rings (SSSR count). The van der Waals surface area contributed by atoms with Crippen molar-refractivity contribution in [2.24, 2.45) is 29.1 Å². The van der Waals surface area contributed by atoms with Crippen LogP contribution >= 0.6 is 11.6 Å². The van der Waals surface area contributed by atoms with Gasteiger partial charge in [-0.25, -0.2) is 9.29 Å². The van der Waals surface area contributed by atoms with E-state index in [1.807, 2.05) is 6.08 Å². The second-order valence-electron chi connectivity index (χ2n) is 12.8. The summed E-state index contributed by atoms with van der Waals surface area (Å²) in [4.78, 5) is 58.9. The predicted octanol–water partition coefficient (Wildman–Crippen LogP) is 3.61. The Morgan fingerprint density at radius 1 is 0.913 bits per heavy atom. The zero-order valence-electron chi connectivity index (χ0n) is 24.9. The minimum absolute atomic E-state index is 0.0642. The third kappa shape index (κ3) is 4.22. The number of aryl methyl sites for hydroxylation is 1. The van der Waals surface area contributed by atoms with Crippen molar-refractivity contribution in [3.63, 3.8) is 0 Å². The van der Waals surface area contributed by atoms with Crippen molar-refractivity contribution in [1.29, 1.82) is 0 Å². The molecule has 3 aromatic rings. The molecular weight excluding hydrogens is 614 g/mol. The van der Waals surface area contributed by atoms with Crippen molar-refractivity contribution in [2.45, 2.75) is 32.6 Å². The molecule has 0 bridgehead atoms. The largest absolute Gasteiger partial charge is 0.508 e. The van der Waals surface area contributed by atoms with Gasteiger partial charge >= 0.3 is 7.12 Å². The first-order chi connectivity index (χ1) is 21.8. The highest BCUT2D eigenvalue weighted by atomic mass is 35.5. The second kappa shape index (κ2) is 10.6. The number of phenolic OH excluding ortho intramolecular Hbond substituents is 1. The Bertz CT molecular complexity index is 1900. The molecule has 4 amide bonds. The number of fused-ring (bicyclic) bond motifs is 4. The lowest BCUT2D eigenvalue weighted by molar-refractivity contribution is -0.131. The number of halogens is 2. The average Bonchev–Trinajstić information content (AvgIpc) is 3.39. The number of anilines is 2. The number of carbonyl (C=O) groups excluding carboxylic acids is 4. The van der Waals surface area contributed by atoms with E-state index in [1.54, 1.807) is 32.0 Å².